The molecule has 1 amide bonds. The Hall–Kier alpha value is -2.93. The van der Waals surface area contributed by atoms with Crippen molar-refractivity contribution in [3.05, 3.63) is 64.8 Å². The second-order valence-corrected chi connectivity index (χ2v) is 6.56. The van der Waals surface area contributed by atoms with E-state index in [2.05, 4.69) is 5.10 Å². The standard InChI is InChI=1S/C20H22ClN3O4/c1-4-24-18(17(21)11-22-24)12-23(2)20(25)19-9-8-16(28-19)13-27-15-7-5-6-14(10-15)26-3/h5-11H,4,12-13H2,1-3H3. The summed E-state index contributed by atoms with van der Waals surface area (Å²) in [6.45, 7) is 3.19. The molecule has 0 radical (unpaired) electrons. The van der Waals surface area contributed by atoms with Crippen molar-refractivity contribution in [2.75, 3.05) is 14.2 Å². The molecular formula is C20H22ClN3O4. The molecule has 7 nitrogen and oxygen atoms in total. The minimum atomic E-state index is -0.243. The first-order valence-electron chi connectivity index (χ1n) is 8.83. The highest BCUT2D eigenvalue weighted by atomic mass is 35.5. The third-order valence-electron chi connectivity index (χ3n) is 4.23. The monoisotopic (exact) mass is 403 g/mol. The number of hydrogen-bond acceptors (Lipinski definition) is 5. The van der Waals surface area contributed by atoms with E-state index in [-0.39, 0.29) is 18.3 Å². The number of furan rings is 1. The van der Waals surface area contributed by atoms with E-state index in [0.717, 1.165) is 5.69 Å². The molecule has 3 aromatic rings. The second-order valence-electron chi connectivity index (χ2n) is 6.15. The number of ether oxygens (including phenoxy) is 2. The molecule has 0 saturated heterocycles. The molecule has 0 atom stereocenters. The number of nitrogens with zero attached hydrogens (tertiary/aromatic N) is 3. The highest BCUT2D eigenvalue weighted by Gasteiger charge is 2.19. The first-order valence-corrected chi connectivity index (χ1v) is 9.20. The summed E-state index contributed by atoms with van der Waals surface area (Å²) in [4.78, 5) is 14.2. The van der Waals surface area contributed by atoms with Crippen molar-refractivity contribution in [3.8, 4) is 11.5 Å². The Kier molecular flexibility index (Phi) is 6.26. The summed E-state index contributed by atoms with van der Waals surface area (Å²) in [6.07, 6.45) is 1.58. The Morgan fingerprint density at radius 3 is 2.82 bits per heavy atom. The van der Waals surface area contributed by atoms with Crippen LogP contribution in [0.1, 0.15) is 28.9 Å². The van der Waals surface area contributed by atoms with Crippen molar-refractivity contribution < 1.29 is 18.7 Å². The predicted octanol–water partition coefficient (Wildman–Crippen LogP) is 4.01. The SMILES string of the molecule is CCn1ncc(Cl)c1CN(C)C(=O)c1ccc(COc2cccc(OC)c2)o1. The molecule has 0 N–H and O–H groups in total. The van der Waals surface area contributed by atoms with Crippen molar-refractivity contribution in [2.24, 2.45) is 0 Å². The van der Waals surface area contributed by atoms with Gasteiger partial charge in [0.1, 0.15) is 23.9 Å². The number of benzene rings is 1. The van der Waals surface area contributed by atoms with Gasteiger partial charge >= 0.3 is 0 Å². The van der Waals surface area contributed by atoms with Gasteiger partial charge in [-0.15, -0.1) is 0 Å². The summed E-state index contributed by atoms with van der Waals surface area (Å²) in [6, 6.07) is 10.6. The number of carbonyl (C=O) groups is 1. The van der Waals surface area contributed by atoms with Gasteiger partial charge < -0.3 is 18.8 Å². The molecule has 0 aliphatic heterocycles. The third-order valence-corrected chi connectivity index (χ3v) is 4.54. The zero-order chi connectivity index (χ0) is 20.1. The summed E-state index contributed by atoms with van der Waals surface area (Å²) in [5.41, 5.74) is 0.785. The number of carbonyl (C=O) groups excluding carboxylic acids is 1. The minimum absolute atomic E-state index is 0.207. The maximum absolute atomic E-state index is 12.7. The summed E-state index contributed by atoms with van der Waals surface area (Å²) in [5, 5.41) is 4.72. The van der Waals surface area contributed by atoms with Gasteiger partial charge in [0, 0.05) is 19.7 Å². The van der Waals surface area contributed by atoms with Crippen LogP contribution >= 0.6 is 11.6 Å². The topological polar surface area (TPSA) is 69.7 Å². The molecule has 8 heteroatoms. The summed E-state index contributed by atoms with van der Waals surface area (Å²) < 4.78 is 18.3. The van der Waals surface area contributed by atoms with Gasteiger partial charge in [-0.05, 0) is 31.2 Å². The Labute approximate surface area is 168 Å². The quantitative estimate of drug-likeness (QED) is 0.568. The van der Waals surface area contributed by atoms with Crippen LogP contribution in [0.15, 0.2) is 47.0 Å². The van der Waals surface area contributed by atoms with Crippen LogP contribution < -0.4 is 9.47 Å². The number of aromatic nitrogens is 2. The Balaban J connectivity index is 1.62. The van der Waals surface area contributed by atoms with Crippen LogP contribution in [0.5, 0.6) is 11.5 Å². The van der Waals surface area contributed by atoms with Crippen LogP contribution in [0, 0.1) is 0 Å². The van der Waals surface area contributed by atoms with Gasteiger partial charge in [0.25, 0.3) is 5.91 Å². The third kappa shape index (κ3) is 4.48. The van der Waals surface area contributed by atoms with E-state index in [1.165, 1.54) is 0 Å². The lowest BCUT2D eigenvalue weighted by Gasteiger charge is -2.16. The molecule has 0 unspecified atom stereocenters. The van der Waals surface area contributed by atoms with E-state index in [0.29, 0.717) is 35.4 Å². The second kappa shape index (κ2) is 8.84. The zero-order valence-electron chi connectivity index (χ0n) is 16.0. The largest absolute Gasteiger partial charge is 0.497 e. The summed E-state index contributed by atoms with van der Waals surface area (Å²) in [5.74, 6) is 1.91. The van der Waals surface area contributed by atoms with Gasteiger partial charge in [0.2, 0.25) is 0 Å². The minimum Gasteiger partial charge on any atom is -0.497 e. The highest BCUT2D eigenvalue weighted by molar-refractivity contribution is 6.31. The maximum atomic E-state index is 12.7. The Bertz CT molecular complexity index is 951. The van der Waals surface area contributed by atoms with E-state index >= 15 is 0 Å². The molecule has 2 aromatic heterocycles. The first-order chi connectivity index (χ1) is 13.5. The van der Waals surface area contributed by atoms with Crippen LogP contribution in [-0.4, -0.2) is 34.7 Å². The van der Waals surface area contributed by atoms with E-state index in [9.17, 15) is 4.79 Å². The fourth-order valence-corrected chi connectivity index (χ4v) is 2.92. The van der Waals surface area contributed by atoms with Crippen LogP contribution in [-0.2, 0) is 19.7 Å². The lowest BCUT2D eigenvalue weighted by Crippen LogP contribution is -2.27. The lowest BCUT2D eigenvalue weighted by atomic mass is 10.3. The van der Waals surface area contributed by atoms with Gasteiger partial charge in [0.05, 0.1) is 30.6 Å². The molecule has 0 spiro atoms. The smallest absolute Gasteiger partial charge is 0.289 e. The van der Waals surface area contributed by atoms with Gasteiger partial charge in [0.15, 0.2) is 5.76 Å². The summed E-state index contributed by atoms with van der Waals surface area (Å²) >= 11 is 6.17. The van der Waals surface area contributed by atoms with Crippen molar-refractivity contribution in [1.82, 2.24) is 14.7 Å². The number of amides is 1. The molecule has 0 fully saturated rings. The normalized spacial score (nSPS) is 10.7. The Morgan fingerprint density at radius 2 is 2.07 bits per heavy atom. The van der Waals surface area contributed by atoms with Crippen molar-refractivity contribution in [3.63, 3.8) is 0 Å². The molecule has 1 aromatic carbocycles. The van der Waals surface area contributed by atoms with Crippen LogP contribution in [0.4, 0.5) is 0 Å². The van der Waals surface area contributed by atoms with Gasteiger partial charge in [-0.25, -0.2) is 0 Å². The lowest BCUT2D eigenvalue weighted by molar-refractivity contribution is 0.0745. The van der Waals surface area contributed by atoms with Crippen molar-refractivity contribution >= 4 is 17.5 Å². The van der Waals surface area contributed by atoms with Crippen LogP contribution in [0.25, 0.3) is 0 Å². The molecule has 0 bridgehead atoms. The van der Waals surface area contributed by atoms with E-state index in [4.69, 9.17) is 25.5 Å². The van der Waals surface area contributed by atoms with Crippen LogP contribution in [0.2, 0.25) is 5.02 Å². The maximum Gasteiger partial charge on any atom is 0.289 e. The first kappa shape index (κ1) is 19.8. The number of rotatable bonds is 8. The average molecular weight is 404 g/mol. The van der Waals surface area contributed by atoms with Gasteiger partial charge in [-0.1, -0.05) is 17.7 Å². The fraction of sp³-hybridized carbons (Fsp3) is 0.300. The van der Waals surface area contributed by atoms with Crippen molar-refractivity contribution in [1.29, 1.82) is 0 Å². The molecule has 28 heavy (non-hydrogen) atoms. The van der Waals surface area contributed by atoms with E-state index < -0.39 is 0 Å². The van der Waals surface area contributed by atoms with Crippen LogP contribution in [0.3, 0.4) is 0 Å². The zero-order valence-corrected chi connectivity index (χ0v) is 16.8. The van der Waals surface area contributed by atoms with E-state index in [1.54, 1.807) is 48.1 Å². The molecular weight excluding hydrogens is 382 g/mol. The molecule has 0 aliphatic rings. The number of aryl methyl sites for hydroxylation is 1. The number of halogens is 1. The fourth-order valence-electron chi connectivity index (χ4n) is 2.72. The predicted molar refractivity (Wildman–Crippen MR) is 105 cm³/mol. The van der Waals surface area contributed by atoms with E-state index in [1.807, 2.05) is 25.1 Å². The van der Waals surface area contributed by atoms with Gasteiger partial charge in [-0.2, -0.15) is 5.10 Å². The molecule has 0 aliphatic carbocycles. The van der Waals surface area contributed by atoms with Crippen molar-refractivity contribution in [2.45, 2.75) is 26.6 Å². The molecule has 0 saturated carbocycles. The molecule has 148 valence electrons. The molecule has 2 heterocycles. The number of methoxy groups -OCH3 is 1. The highest BCUT2D eigenvalue weighted by Crippen LogP contribution is 2.21. The molecule has 3 rings (SSSR count). The number of hydrogen-bond donors (Lipinski definition) is 0. The van der Waals surface area contributed by atoms with Gasteiger partial charge in [-0.3, -0.25) is 9.48 Å². The average Bonchev–Trinajstić information content (AvgIpc) is 3.33. The summed E-state index contributed by atoms with van der Waals surface area (Å²) in [7, 11) is 3.29. The Morgan fingerprint density at radius 1 is 1.29 bits per heavy atom.